The molecule has 5 heteroatoms. The number of rotatable bonds is 8. The Hall–Kier alpha value is -3.34. The van der Waals surface area contributed by atoms with E-state index in [1.165, 1.54) is 19.6 Å². The van der Waals surface area contributed by atoms with Crippen molar-refractivity contribution in [1.82, 2.24) is 4.57 Å². The van der Waals surface area contributed by atoms with Gasteiger partial charge in [0.2, 0.25) is 5.78 Å². The Morgan fingerprint density at radius 3 is 2.34 bits per heavy atom. The lowest BCUT2D eigenvalue weighted by molar-refractivity contribution is 0.0917. The van der Waals surface area contributed by atoms with Gasteiger partial charge in [-0.1, -0.05) is 30.3 Å². The highest BCUT2D eigenvalue weighted by Crippen LogP contribution is 2.28. The van der Waals surface area contributed by atoms with Gasteiger partial charge in [0.15, 0.2) is 23.9 Å². The van der Waals surface area contributed by atoms with Gasteiger partial charge in [0.25, 0.3) is 0 Å². The average molecular weight is 391 g/mol. The Balaban J connectivity index is 1.75. The van der Waals surface area contributed by atoms with Crippen LogP contribution >= 0.6 is 0 Å². The van der Waals surface area contributed by atoms with Gasteiger partial charge in [-0.25, -0.2) is 0 Å². The maximum Gasteiger partial charge on any atom is 0.202 e. The summed E-state index contributed by atoms with van der Waals surface area (Å²) < 4.78 is 13.1. The molecule has 3 aromatic rings. The molecule has 0 N–H and O–H groups in total. The zero-order valence-corrected chi connectivity index (χ0v) is 17.2. The minimum absolute atomic E-state index is 0.0585. The molecule has 0 saturated carbocycles. The lowest BCUT2D eigenvalue weighted by Gasteiger charge is -2.12. The summed E-state index contributed by atoms with van der Waals surface area (Å²) in [4.78, 5) is 24.3. The number of aromatic nitrogens is 1. The lowest BCUT2D eigenvalue weighted by atomic mass is 10.1. The molecule has 0 amide bonds. The Morgan fingerprint density at radius 1 is 0.966 bits per heavy atom. The van der Waals surface area contributed by atoms with Crippen LogP contribution in [0.3, 0.4) is 0 Å². The summed E-state index contributed by atoms with van der Waals surface area (Å²) in [5, 5.41) is 0. The number of ketones is 2. The van der Waals surface area contributed by atoms with Crippen LogP contribution in [0.2, 0.25) is 0 Å². The van der Waals surface area contributed by atoms with Crippen molar-refractivity contribution in [2.45, 2.75) is 27.3 Å². The van der Waals surface area contributed by atoms with Crippen LogP contribution in [0.15, 0.2) is 54.6 Å². The van der Waals surface area contributed by atoms with Crippen LogP contribution in [-0.2, 0) is 6.54 Å². The molecule has 0 saturated heterocycles. The van der Waals surface area contributed by atoms with Gasteiger partial charge in [0, 0.05) is 29.1 Å². The molecule has 1 heterocycles. The highest BCUT2D eigenvalue weighted by Gasteiger charge is 2.17. The highest BCUT2D eigenvalue weighted by molar-refractivity contribution is 5.98. The second-order valence-electron chi connectivity index (χ2n) is 6.99. The molecule has 3 rings (SSSR count). The fourth-order valence-electron chi connectivity index (χ4n) is 3.32. The van der Waals surface area contributed by atoms with Gasteiger partial charge in [0.1, 0.15) is 0 Å². The first kappa shape index (κ1) is 20.4. The zero-order valence-electron chi connectivity index (χ0n) is 17.2. The third-order valence-corrected chi connectivity index (χ3v) is 4.99. The smallest absolute Gasteiger partial charge is 0.202 e. The van der Waals surface area contributed by atoms with Crippen molar-refractivity contribution in [1.29, 1.82) is 0 Å². The predicted molar refractivity (Wildman–Crippen MR) is 112 cm³/mol. The van der Waals surface area contributed by atoms with E-state index in [4.69, 9.17) is 9.47 Å². The summed E-state index contributed by atoms with van der Waals surface area (Å²) in [6, 6.07) is 17.0. The number of aryl methyl sites for hydroxylation is 1. The zero-order chi connectivity index (χ0) is 21.0. The molecule has 0 spiro atoms. The topological polar surface area (TPSA) is 57.5 Å². The van der Waals surface area contributed by atoms with E-state index in [1.54, 1.807) is 18.2 Å². The summed E-state index contributed by atoms with van der Waals surface area (Å²) in [7, 11) is 1.51. The van der Waals surface area contributed by atoms with Crippen LogP contribution in [0.25, 0.3) is 0 Å². The Bertz CT molecular complexity index is 1030. The van der Waals surface area contributed by atoms with Crippen LogP contribution in [0.5, 0.6) is 11.5 Å². The summed E-state index contributed by atoms with van der Waals surface area (Å²) in [6.07, 6.45) is 0. The number of methoxy groups -OCH3 is 1. The second-order valence-corrected chi connectivity index (χ2v) is 6.99. The Morgan fingerprint density at radius 2 is 1.69 bits per heavy atom. The number of carbonyl (C=O) groups excluding carboxylic acids is 2. The molecule has 0 fully saturated rings. The number of hydrogen-bond donors (Lipinski definition) is 0. The number of carbonyl (C=O) groups is 2. The van der Waals surface area contributed by atoms with Gasteiger partial charge in [-0.05, 0) is 50.6 Å². The van der Waals surface area contributed by atoms with Gasteiger partial charge in [0.05, 0.1) is 7.11 Å². The second kappa shape index (κ2) is 8.78. The molecule has 150 valence electrons. The van der Waals surface area contributed by atoms with E-state index in [2.05, 4.69) is 16.7 Å². The molecule has 0 unspecified atom stereocenters. The summed E-state index contributed by atoms with van der Waals surface area (Å²) in [5.74, 6) is 0.705. The van der Waals surface area contributed by atoms with Crippen molar-refractivity contribution in [3.05, 3.63) is 82.7 Å². The van der Waals surface area contributed by atoms with E-state index in [0.29, 0.717) is 29.2 Å². The van der Waals surface area contributed by atoms with Gasteiger partial charge >= 0.3 is 0 Å². The molecule has 0 aliphatic heterocycles. The molecule has 2 aromatic carbocycles. The largest absolute Gasteiger partial charge is 0.493 e. The molecule has 0 radical (unpaired) electrons. The molecular formula is C24H25NO4. The quantitative estimate of drug-likeness (QED) is 0.526. The van der Waals surface area contributed by atoms with Crippen molar-refractivity contribution in [2.24, 2.45) is 0 Å². The average Bonchev–Trinajstić information content (AvgIpc) is 3.01. The SMILES string of the molecule is COc1cc(C(C)=O)ccc1OCC(=O)c1cc(C)n(Cc2ccccc2)c1C. The number of benzene rings is 2. The van der Waals surface area contributed by atoms with Crippen LogP contribution in [0.1, 0.15) is 44.6 Å². The monoisotopic (exact) mass is 391 g/mol. The van der Waals surface area contributed by atoms with Crippen molar-refractivity contribution < 1.29 is 19.1 Å². The number of hydrogen-bond acceptors (Lipinski definition) is 4. The highest BCUT2D eigenvalue weighted by atomic mass is 16.5. The Labute approximate surface area is 170 Å². The van der Waals surface area contributed by atoms with Crippen molar-refractivity contribution in [3.8, 4) is 11.5 Å². The van der Waals surface area contributed by atoms with Crippen LogP contribution in [0.4, 0.5) is 0 Å². The summed E-state index contributed by atoms with van der Waals surface area (Å²) in [6.45, 7) is 6.05. The molecule has 1 aromatic heterocycles. The predicted octanol–water partition coefficient (Wildman–Crippen LogP) is 4.63. The third kappa shape index (κ3) is 4.57. The molecule has 0 aliphatic rings. The van der Waals surface area contributed by atoms with E-state index in [1.807, 2.05) is 38.1 Å². The molecule has 0 atom stereocenters. The van der Waals surface area contributed by atoms with E-state index in [-0.39, 0.29) is 18.2 Å². The van der Waals surface area contributed by atoms with Gasteiger partial charge in [-0.15, -0.1) is 0 Å². The fourth-order valence-corrected chi connectivity index (χ4v) is 3.32. The molecule has 0 bridgehead atoms. The van der Waals surface area contributed by atoms with Crippen molar-refractivity contribution in [2.75, 3.05) is 13.7 Å². The minimum atomic E-state index is -0.106. The van der Waals surface area contributed by atoms with Crippen LogP contribution in [-0.4, -0.2) is 29.9 Å². The van der Waals surface area contributed by atoms with Crippen LogP contribution < -0.4 is 9.47 Å². The molecule has 29 heavy (non-hydrogen) atoms. The standard InChI is InChI=1S/C24H25NO4/c1-16-12-21(17(2)25(16)14-19-8-6-5-7-9-19)22(27)15-29-23-11-10-20(18(3)26)13-24(23)28-4/h5-13H,14-15H2,1-4H3. The van der Waals surface area contributed by atoms with E-state index >= 15 is 0 Å². The van der Waals surface area contributed by atoms with E-state index < -0.39 is 0 Å². The number of ether oxygens (including phenoxy) is 2. The van der Waals surface area contributed by atoms with E-state index in [9.17, 15) is 9.59 Å². The maximum absolute atomic E-state index is 12.8. The summed E-state index contributed by atoms with van der Waals surface area (Å²) in [5.41, 5.74) is 4.31. The summed E-state index contributed by atoms with van der Waals surface area (Å²) >= 11 is 0. The minimum Gasteiger partial charge on any atom is -0.493 e. The first-order chi connectivity index (χ1) is 13.9. The number of nitrogens with zero attached hydrogens (tertiary/aromatic N) is 1. The van der Waals surface area contributed by atoms with Crippen molar-refractivity contribution in [3.63, 3.8) is 0 Å². The van der Waals surface area contributed by atoms with Gasteiger partial charge in [-0.3, -0.25) is 9.59 Å². The first-order valence-corrected chi connectivity index (χ1v) is 9.46. The third-order valence-electron chi connectivity index (χ3n) is 4.99. The molecule has 5 nitrogen and oxygen atoms in total. The van der Waals surface area contributed by atoms with Crippen LogP contribution in [0, 0.1) is 13.8 Å². The van der Waals surface area contributed by atoms with Crippen molar-refractivity contribution >= 4 is 11.6 Å². The fraction of sp³-hybridized carbons (Fsp3) is 0.250. The number of Topliss-reactive ketones (excluding diaryl/α,β-unsaturated/α-hetero) is 2. The first-order valence-electron chi connectivity index (χ1n) is 9.46. The van der Waals surface area contributed by atoms with Gasteiger partial charge < -0.3 is 14.0 Å². The van der Waals surface area contributed by atoms with E-state index in [0.717, 1.165) is 11.4 Å². The lowest BCUT2D eigenvalue weighted by Crippen LogP contribution is -2.13. The molecular weight excluding hydrogens is 366 g/mol. The normalized spacial score (nSPS) is 10.6. The molecule has 0 aliphatic carbocycles. The Kier molecular flexibility index (Phi) is 6.17. The maximum atomic E-state index is 12.8. The van der Waals surface area contributed by atoms with Gasteiger partial charge in [-0.2, -0.15) is 0 Å².